The summed E-state index contributed by atoms with van der Waals surface area (Å²) in [7, 11) is 1.75. The Labute approximate surface area is 101 Å². The van der Waals surface area contributed by atoms with Gasteiger partial charge in [0.15, 0.2) is 5.16 Å². The lowest BCUT2D eigenvalue weighted by Crippen LogP contribution is -1.94. The van der Waals surface area contributed by atoms with Gasteiger partial charge in [0, 0.05) is 29.8 Å². The van der Waals surface area contributed by atoms with Gasteiger partial charge in [0.2, 0.25) is 0 Å². The van der Waals surface area contributed by atoms with Gasteiger partial charge in [0.1, 0.15) is 6.33 Å². The number of rotatable bonds is 3. The van der Waals surface area contributed by atoms with E-state index in [1.54, 1.807) is 17.8 Å². The van der Waals surface area contributed by atoms with Crippen molar-refractivity contribution in [2.45, 2.75) is 10.1 Å². The lowest BCUT2D eigenvalue weighted by atomic mass is 10.3. The van der Waals surface area contributed by atoms with E-state index >= 15 is 0 Å². The minimum absolute atomic E-state index is 0.0327. The average Bonchev–Trinajstić information content (AvgIpc) is 2.63. The first-order chi connectivity index (χ1) is 8.06. The highest BCUT2D eigenvalue weighted by Crippen LogP contribution is 2.30. The largest absolute Gasteiger partial charge is 0.398 e. The Balaban J connectivity index is 2.33. The molecule has 0 aliphatic carbocycles. The van der Waals surface area contributed by atoms with E-state index in [0.717, 1.165) is 0 Å². The number of nitrogens with zero attached hydrogens (tertiary/aromatic N) is 4. The molecule has 0 fully saturated rings. The molecule has 0 atom stereocenters. The highest BCUT2D eigenvalue weighted by Gasteiger charge is 2.11. The van der Waals surface area contributed by atoms with Crippen LogP contribution in [0.1, 0.15) is 0 Å². The Morgan fingerprint density at radius 1 is 1.47 bits per heavy atom. The van der Waals surface area contributed by atoms with Gasteiger partial charge >= 0.3 is 0 Å². The van der Waals surface area contributed by atoms with Gasteiger partial charge in [-0.2, -0.15) is 5.10 Å². The Bertz CT molecular complexity index is 568. The zero-order valence-corrected chi connectivity index (χ0v) is 9.72. The molecular formula is C9H9N5O2S. The number of nitrogen functional groups attached to an aromatic ring is 1. The van der Waals surface area contributed by atoms with Gasteiger partial charge in [-0.05, 0) is 17.8 Å². The number of hydrogen-bond acceptors (Lipinski definition) is 6. The number of benzene rings is 1. The summed E-state index contributed by atoms with van der Waals surface area (Å²) in [5.41, 5.74) is 5.92. The molecule has 0 unspecified atom stereocenters. The summed E-state index contributed by atoms with van der Waals surface area (Å²) in [6.45, 7) is 0. The van der Waals surface area contributed by atoms with Gasteiger partial charge in [0.25, 0.3) is 5.69 Å². The molecule has 1 heterocycles. The summed E-state index contributed by atoms with van der Waals surface area (Å²) in [6.07, 6.45) is 1.42. The highest BCUT2D eigenvalue weighted by atomic mass is 32.2. The zero-order chi connectivity index (χ0) is 12.4. The predicted molar refractivity (Wildman–Crippen MR) is 62.6 cm³/mol. The molecule has 8 heteroatoms. The topological polar surface area (TPSA) is 99.9 Å². The third-order valence-corrected chi connectivity index (χ3v) is 3.03. The maximum atomic E-state index is 10.7. The van der Waals surface area contributed by atoms with Gasteiger partial charge < -0.3 is 5.73 Å². The van der Waals surface area contributed by atoms with Crippen LogP contribution in [0.3, 0.4) is 0 Å². The molecule has 0 bridgehead atoms. The van der Waals surface area contributed by atoms with Crippen molar-refractivity contribution in [3.05, 3.63) is 34.6 Å². The van der Waals surface area contributed by atoms with Crippen LogP contribution in [0.2, 0.25) is 0 Å². The fraction of sp³-hybridized carbons (Fsp3) is 0.111. The van der Waals surface area contributed by atoms with E-state index in [1.165, 1.54) is 30.2 Å². The van der Waals surface area contributed by atoms with E-state index in [-0.39, 0.29) is 5.69 Å². The van der Waals surface area contributed by atoms with E-state index in [9.17, 15) is 10.1 Å². The van der Waals surface area contributed by atoms with Crippen LogP contribution >= 0.6 is 11.8 Å². The maximum absolute atomic E-state index is 10.7. The van der Waals surface area contributed by atoms with E-state index in [0.29, 0.717) is 15.7 Å². The standard InChI is InChI=1S/C9H9N5O2S/c1-13-9(11-5-12-13)17-8-3-6(10)2-7(4-8)14(15)16/h2-5H,10H2,1H3. The molecule has 88 valence electrons. The molecule has 1 aromatic heterocycles. The summed E-state index contributed by atoms with van der Waals surface area (Å²) < 4.78 is 1.58. The summed E-state index contributed by atoms with van der Waals surface area (Å²) in [4.78, 5) is 14.9. The monoisotopic (exact) mass is 251 g/mol. The quantitative estimate of drug-likeness (QED) is 0.503. The van der Waals surface area contributed by atoms with Gasteiger partial charge in [-0.25, -0.2) is 9.67 Å². The number of nitrogens with two attached hydrogens (primary N) is 1. The number of nitro groups is 1. The number of aryl methyl sites for hydroxylation is 1. The minimum Gasteiger partial charge on any atom is -0.398 e. The van der Waals surface area contributed by atoms with Crippen molar-refractivity contribution in [1.29, 1.82) is 0 Å². The van der Waals surface area contributed by atoms with E-state index in [1.807, 2.05) is 0 Å². The first kappa shape index (κ1) is 11.4. The molecule has 2 N–H and O–H groups in total. The van der Waals surface area contributed by atoms with Crippen molar-refractivity contribution in [3.8, 4) is 0 Å². The number of nitro benzene ring substituents is 1. The second-order valence-electron chi connectivity index (χ2n) is 3.29. The first-order valence-corrected chi connectivity index (χ1v) is 5.45. The molecule has 0 radical (unpaired) electrons. The fourth-order valence-corrected chi connectivity index (χ4v) is 2.12. The predicted octanol–water partition coefficient (Wildman–Crippen LogP) is 1.46. The summed E-state index contributed by atoms with van der Waals surface area (Å²) in [5.74, 6) is 0. The molecule has 2 rings (SSSR count). The Hall–Kier alpha value is -2.09. The van der Waals surface area contributed by atoms with Crippen LogP contribution in [-0.2, 0) is 7.05 Å². The molecular weight excluding hydrogens is 242 g/mol. The summed E-state index contributed by atoms with van der Waals surface area (Å²) in [5, 5.41) is 15.2. The van der Waals surface area contributed by atoms with Gasteiger partial charge in [-0.3, -0.25) is 10.1 Å². The smallest absolute Gasteiger partial charge is 0.272 e. The van der Waals surface area contributed by atoms with Crippen LogP contribution in [0.15, 0.2) is 34.6 Å². The van der Waals surface area contributed by atoms with Crippen molar-refractivity contribution in [2.75, 3.05) is 5.73 Å². The molecule has 0 saturated carbocycles. The van der Waals surface area contributed by atoms with Crippen LogP contribution in [0.25, 0.3) is 0 Å². The van der Waals surface area contributed by atoms with Gasteiger partial charge in [-0.1, -0.05) is 0 Å². The molecule has 17 heavy (non-hydrogen) atoms. The summed E-state index contributed by atoms with van der Waals surface area (Å²) in [6, 6.07) is 4.43. The number of non-ortho nitro benzene ring substituents is 1. The molecule has 0 spiro atoms. The average molecular weight is 251 g/mol. The first-order valence-electron chi connectivity index (χ1n) is 4.63. The van der Waals surface area contributed by atoms with Crippen LogP contribution in [0.5, 0.6) is 0 Å². The molecule has 0 saturated heterocycles. The molecule has 0 amide bonds. The third-order valence-electron chi connectivity index (χ3n) is 2.00. The van der Waals surface area contributed by atoms with Crippen molar-refractivity contribution < 1.29 is 4.92 Å². The van der Waals surface area contributed by atoms with Crippen molar-refractivity contribution >= 4 is 23.1 Å². The Morgan fingerprint density at radius 2 is 2.24 bits per heavy atom. The van der Waals surface area contributed by atoms with Crippen LogP contribution in [-0.4, -0.2) is 19.7 Å². The number of hydrogen-bond donors (Lipinski definition) is 1. The maximum Gasteiger partial charge on any atom is 0.272 e. The highest BCUT2D eigenvalue weighted by molar-refractivity contribution is 7.99. The van der Waals surface area contributed by atoms with Crippen LogP contribution in [0.4, 0.5) is 11.4 Å². The Kier molecular flexibility index (Phi) is 2.96. The van der Waals surface area contributed by atoms with Crippen molar-refractivity contribution in [1.82, 2.24) is 14.8 Å². The van der Waals surface area contributed by atoms with Gasteiger partial charge in [0.05, 0.1) is 4.92 Å². The second-order valence-corrected chi connectivity index (χ2v) is 4.33. The van der Waals surface area contributed by atoms with E-state index < -0.39 is 4.92 Å². The molecule has 2 aromatic rings. The molecule has 7 nitrogen and oxygen atoms in total. The molecule has 1 aromatic carbocycles. The second kappa shape index (κ2) is 4.42. The normalized spacial score (nSPS) is 10.4. The third kappa shape index (κ3) is 2.53. The lowest BCUT2D eigenvalue weighted by molar-refractivity contribution is -0.385. The lowest BCUT2D eigenvalue weighted by Gasteiger charge is -2.02. The number of anilines is 1. The van der Waals surface area contributed by atoms with E-state index in [4.69, 9.17) is 5.73 Å². The SMILES string of the molecule is Cn1ncnc1Sc1cc(N)cc([N+](=O)[O-])c1. The van der Waals surface area contributed by atoms with Gasteiger partial charge in [-0.15, -0.1) is 0 Å². The fourth-order valence-electron chi connectivity index (χ4n) is 1.25. The van der Waals surface area contributed by atoms with Crippen molar-refractivity contribution in [3.63, 3.8) is 0 Å². The minimum atomic E-state index is -0.475. The number of aromatic nitrogens is 3. The molecule has 0 aliphatic heterocycles. The zero-order valence-electron chi connectivity index (χ0n) is 8.90. The van der Waals surface area contributed by atoms with E-state index in [2.05, 4.69) is 10.1 Å². The Morgan fingerprint density at radius 3 is 2.82 bits per heavy atom. The van der Waals surface area contributed by atoms with Crippen LogP contribution < -0.4 is 5.73 Å². The van der Waals surface area contributed by atoms with Crippen LogP contribution in [0, 0.1) is 10.1 Å². The van der Waals surface area contributed by atoms with Crippen molar-refractivity contribution in [2.24, 2.45) is 7.05 Å². The molecule has 0 aliphatic rings. The summed E-state index contributed by atoms with van der Waals surface area (Å²) >= 11 is 1.27.